The summed E-state index contributed by atoms with van der Waals surface area (Å²) in [6.07, 6.45) is 6.93. The molecular weight excluding hydrogens is 532 g/mol. The molecule has 0 saturated heterocycles. The number of ether oxygens (including phenoxy) is 4. The molecule has 2 aromatic rings. The number of esters is 2. The van der Waals surface area contributed by atoms with Gasteiger partial charge in [-0.1, -0.05) is 12.2 Å². The Morgan fingerprint density at radius 3 is 1.74 bits per heavy atom. The number of carbonyl (C=O) groups is 3. The van der Waals surface area contributed by atoms with E-state index >= 15 is 0 Å². The first kappa shape index (κ1) is 34.1. The van der Waals surface area contributed by atoms with Crippen LogP contribution in [0.4, 0.5) is 0 Å². The molecule has 0 bridgehead atoms. The van der Waals surface area contributed by atoms with Crippen molar-refractivity contribution in [3.05, 3.63) is 77.9 Å². The molecule has 0 atom stereocenters. The molecule has 2 rings (SSSR count). The van der Waals surface area contributed by atoms with Crippen LogP contribution in [0.5, 0.6) is 23.0 Å². The molecule has 42 heavy (non-hydrogen) atoms. The zero-order chi connectivity index (χ0) is 31.8. The van der Waals surface area contributed by atoms with Gasteiger partial charge in [-0.2, -0.15) is 0 Å². The number of hydrogen-bond donors (Lipinski definition) is 0. The van der Waals surface area contributed by atoms with E-state index in [0.717, 1.165) is 0 Å². The normalized spacial score (nSPS) is 11.8. The summed E-state index contributed by atoms with van der Waals surface area (Å²) in [6, 6.07) is 6.33. The average molecular weight is 577 g/mol. The summed E-state index contributed by atoms with van der Waals surface area (Å²) in [5.41, 5.74) is 0.675. The number of rotatable bonds is 12. The molecule has 0 spiro atoms. The fourth-order valence-electron chi connectivity index (χ4n) is 3.81. The maximum absolute atomic E-state index is 13.3. The van der Waals surface area contributed by atoms with Crippen LogP contribution in [0, 0.1) is 10.8 Å². The minimum atomic E-state index is -0.799. The molecular formula is C35H44O7. The SMILES string of the molecule is C=CCc1c(OC(=O)C(C)(C)C)c(C=CC(=O)c2ccc(OC(=O)C(C)(C)C)cc2)c(OC(C)C)c(CC=C)c1OC. The van der Waals surface area contributed by atoms with Crippen LogP contribution in [0.15, 0.2) is 55.7 Å². The van der Waals surface area contributed by atoms with Crippen molar-refractivity contribution in [3.8, 4) is 23.0 Å². The first-order valence-electron chi connectivity index (χ1n) is 14.0. The zero-order valence-electron chi connectivity index (χ0n) is 26.4. The maximum Gasteiger partial charge on any atom is 0.316 e. The average Bonchev–Trinajstić information content (AvgIpc) is 2.89. The lowest BCUT2D eigenvalue weighted by Gasteiger charge is -2.26. The molecule has 7 nitrogen and oxygen atoms in total. The number of hydrogen-bond acceptors (Lipinski definition) is 7. The number of allylic oxidation sites excluding steroid dienone is 3. The van der Waals surface area contributed by atoms with Crippen molar-refractivity contribution in [2.75, 3.05) is 7.11 Å². The van der Waals surface area contributed by atoms with Gasteiger partial charge in [0.15, 0.2) is 5.78 Å². The lowest BCUT2D eigenvalue weighted by Crippen LogP contribution is -2.26. The van der Waals surface area contributed by atoms with Crippen LogP contribution in [-0.4, -0.2) is 30.9 Å². The van der Waals surface area contributed by atoms with Gasteiger partial charge in [0.2, 0.25) is 0 Å². The minimum absolute atomic E-state index is 0.235. The van der Waals surface area contributed by atoms with Gasteiger partial charge in [0.1, 0.15) is 23.0 Å². The summed E-state index contributed by atoms with van der Waals surface area (Å²) in [5, 5.41) is 0. The summed E-state index contributed by atoms with van der Waals surface area (Å²) in [6.45, 7) is 22.1. The van der Waals surface area contributed by atoms with Crippen molar-refractivity contribution < 1.29 is 33.3 Å². The van der Waals surface area contributed by atoms with E-state index in [-0.39, 0.29) is 23.6 Å². The summed E-state index contributed by atoms with van der Waals surface area (Å²) in [4.78, 5) is 38.6. The van der Waals surface area contributed by atoms with Gasteiger partial charge in [0, 0.05) is 16.7 Å². The molecule has 0 radical (unpaired) electrons. The zero-order valence-corrected chi connectivity index (χ0v) is 26.4. The van der Waals surface area contributed by atoms with Gasteiger partial charge in [0.25, 0.3) is 0 Å². The molecule has 0 N–H and O–H groups in total. The van der Waals surface area contributed by atoms with E-state index in [1.54, 1.807) is 91.1 Å². The molecule has 0 aliphatic heterocycles. The summed E-state index contributed by atoms with van der Waals surface area (Å²) in [5.74, 6) is 0.385. The first-order valence-corrected chi connectivity index (χ1v) is 14.0. The van der Waals surface area contributed by atoms with E-state index in [9.17, 15) is 14.4 Å². The topological polar surface area (TPSA) is 88.1 Å². The van der Waals surface area contributed by atoms with Crippen LogP contribution in [0.3, 0.4) is 0 Å². The van der Waals surface area contributed by atoms with Crippen molar-refractivity contribution in [1.29, 1.82) is 0 Å². The molecule has 0 aliphatic carbocycles. The Morgan fingerprint density at radius 1 is 0.786 bits per heavy atom. The fourth-order valence-corrected chi connectivity index (χ4v) is 3.81. The number of carbonyl (C=O) groups excluding carboxylic acids is 3. The molecule has 0 saturated carbocycles. The Hall–Kier alpha value is -4.13. The Kier molecular flexibility index (Phi) is 11.5. The largest absolute Gasteiger partial charge is 0.496 e. The van der Waals surface area contributed by atoms with E-state index in [2.05, 4.69) is 13.2 Å². The standard InChI is InChI=1S/C35H44O7/c1-12-14-25-29(39-11)26(15-13-2)31(42-33(38)35(8,9)10)27(30(25)40-22(3)4)20-21-28(36)23-16-18-24(19-17-23)41-32(37)34(5,6)7/h12-13,16-22H,1-2,14-15H2,3-11H3. The third-order valence-electron chi connectivity index (χ3n) is 6.01. The van der Waals surface area contributed by atoms with E-state index < -0.39 is 16.8 Å². The lowest BCUT2D eigenvalue weighted by molar-refractivity contribution is -0.143. The van der Waals surface area contributed by atoms with Gasteiger partial charge in [-0.05, 0) is 105 Å². The smallest absolute Gasteiger partial charge is 0.316 e. The molecule has 0 amide bonds. The van der Waals surface area contributed by atoms with Gasteiger partial charge in [-0.15, -0.1) is 13.2 Å². The number of benzene rings is 2. The highest BCUT2D eigenvalue weighted by Gasteiger charge is 2.31. The van der Waals surface area contributed by atoms with Crippen molar-refractivity contribution in [1.82, 2.24) is 0 Å². The molecule has 7 heteroatoms. The van der Waals surface area contributed by atoms with E-state index in [1.807, 2.05) is 13.8 Å². The van der Waals surface area contributed by atoms with Crippen LogP contribution in [0.25, 0.3) is 6.08 Å². The minimum Gasteiger partial charge on any atom is -0.496 e. The van der Waals surface area contributed by atoms with Crippen LogP contribution in [0.1, 0.15) is 82.4 Å². The molecule has 226 valence electrons. The summed E-state index contributed by atoms with van der Waals surface area (Å²) >= 11 is 0. The Bertz CT molecular complexity index is 1350. The predicted octanol–water partition coefficient (Wildman–Crippen LogP) is 7.74. The van der Waals surface area contributed by atoms with E-state index in [0.29, 0.717) is 52.3 Å². The molecule has 0 heterocycles. The molecule has 0 unspecified atom stereocenters. The van der Waals surface area contributed by atoms with Gasteiger partial charge in [-0.25, -0.2) is 0 Å². The Morgan fingerprint density at radius 2 is 1.29 bits per heavy atom. The van der Waals surface area contributed by atoms with Crippen molar-refractivity contribution in [3.63, 3.8) is 0 Å². The summed E-state index contributed by atoms with van der Waals surface area (Å²) in [7, 11) is 1.55. The van der Waals surface area contributed by atoms with Gasteiger partial charge < -0.3 is 18.9 Å². The van der Waals surface area contributed by atoms with Crippen molar-refractivity contribution in [2.45, 2.75) is 74.3 Å². The fraction of sp³-hybridized carbons (Fsp3) is 0.400. The highest BCUT2D eigenvalue weighted by Crippen LogP contribution is 2.46. The monoisotopic (exact) mass is 576 g/mol. The Labute approximate surface area is 250 Å². The highest BCUT2D eigenvalue weighted by molar-refractivity contribution is 6.07. The maximum atomic E-state index is 13.3. The van der Waals surface area contributed by atoms with Crippen LogP contribution < -0.4 is 18.9 Å². The molecule has 2 aromatic carbocycles. The van der Waals surface area contributed by atoms with Crippen molar-refractivity contribution in [2.24, 2.45) is 10.8 Å². The second-order valence-corrected chi connectivity index (χ2v) is 12.2. The number of ketones is 1. The second kappa shape index (κ2) is 14.2. The highest BCUT2D eigenvalue weighted by atomic mass is 16.5. The van der Waals surface area contributed by atoms with Crippen LogP contribution >= 0.6 is 0 Å². The third kappa shape index (κ3) is 8.68. The number of methoxy groups -OCH3 is 1. The second-order valence-electron chi connectivity index (χ2n) is 12.2. The van der Waals surface area contributed by atoms with Crippen molar-refractivity contribution >= 4 is 23.8 Å². The van der Waals surface area contributed by atoms with E-state index in [1.165, 1.54) is 6.08 Å². The Balaban J connectivity index is 2.72. The first-order chi connectivity index (χ1) is 19.5. The summed E-state index contributed by atoms with van der Waals surface area (Å²) < 4.78 is 23.5. The van der Waals surface area contributed by atoms with Gasteiger partial charge >= 0.3 is 11.9 Å². The van der Waals surface area contributed by atoms with Gasteiger partial charge in [-0.3, -0.25) is 14.4 Å². The lowest BCUT2D eigenvalue weighted by atomic mass is 9.94. The predicted molar refractivity (Wildman–Crippen MR) is 167 cm³/mol. The van der Waals surface area contributed by atoms with Gasteiger partial charge in [0.05, 0.1) is 29.6 Å². The quantitative estimate of drug-likeness (QED) is 0.0839. The van der Waals surface area contributed by atoms with Crippen LogP contribution in [0.2, 0.25) is 0 Å². The molecule has 0 aliphatic rings. The van der Waals surface area contributed by atoms with E-state index in [4.69, 9.17) is 18.9 Å². The molecule has 0 fully saturated rings. The third-order valence-corrected chi connectivity index (χ3v) is 6.01. The van der Waals surface area contributed by atoms with Crippen LogP contribution in [-0.2, 0) is 22.4 Å². The molecule has 0 aromatic heterocycles.